The Morgan fingerprint density at radius 1 is 1.08 bits per heavy atom. The maximum absolute atomic E-state index is 13.2. The van der Waals surface area contributed by atoms with Crippen LogP contribution in [-0.4, -0.2) is 60.0 Å². The zero-order valence-corrected chi connectivity index (χ0v) is 23.3. The number of ether oxygens (including phenoxy) is 1. The van der Waals surface area contributed by atoms with Gasteiger partial charge in [0.2, 0.25) is 5.91 Å². The number of amides is 1. The predicted molar refractivity (Wildman–Crippen MR) is 153 cm³/mol. The highest BCUT2D eigenvalue weighted by molar-refractivity contribution is 6.06. The third-order valence-electron chi connectivity index (χ3n) is 7.85. The number of nitrogens with one attached hydrogen (secondary N) is 1. The van der Waals surface area contributed by atoms with Crippen LogP contribution >= 0.6 is 0 Å². The maximum Gasteiger partial charge on any atom is 0.320 e. The van der Waals surface area contributed by atoms with Crippen molar-refractivity contribution in [1.82, 2.24) is 9.47 Å². The summed E-state index contributed by atoms with van der Waals surface area (Å²) >= 11 is 0. The highest BCUT2D eigenvalue weighted by Crippen LogP contribution is 2.43. The second-order valence-electron chi connectivity index (χ2n) is 12.1. The van der Waals surface area contributed by atoms with Crippen molar-refractivity contribution in [1.29, 1.82) is 0 Å². The molecule has 0 unspecified atom stereocenters. The smallest absolute Gasteiger partial charge is 0.320 e. The fourth-order valence-corrected chi connectivity index (χ4v) is 6.13. The summed E-state index contributed by atoms with van der Waals surface area (Å²) in [5, 5.41) is 4.59. The number of rotatable bonds is 7. The van der Waals surface area contributed by atoms with E-state index in [0.717, 1.165) is 59.8 Å². The largest absolute Gasteiger partial charge is 0.461 e. The van der Waals surface area contributed by atoms with Gasteiger partial charge in [0.05, 0.1) is 17.6 Å². The zero-order valence-electron chi connectivity index (χ0n) is 23.3. The molecule has 0 bridgehead atoms. The van der Waals surface area contributed by atoms with E-state index in [1.54, 1.807) is 11.0 Å². The minimum absolute atomic E-state index is 0.0856. The number of carbonyl (C=O) groups is 3. The van der Waals surface area contributed by atoms with Gasteiger partial charge in [0.15, 0.2) is 0 Å². The number of primary amides is 1. The summed E-state index contributed by atoms with van der Waals surface area (Å²) in [6.07, 6.45) is 4.34. The van der Waals surface area contributed by atoms with Gasteiger partial charge in [-0.1, -0.05) is 38.1 Å². The summed E-state index contributed by atoms with van der Waals surface area (Å²) in [5.41, 5.74) is 10.7. The van der Waals surface area contributed by atoms with E-state index < -0.39 is 5.91 Å². The molecule has 3 N–H and O–H groups in total. The van der Waals surface area contributed by atoms with Crippen LogP contribution in [0.15, 0.2) is 42.5 Å². The van der Waals surface area contributed by atoms with E-state index in [0.29, 0.717) is 17.7 Å². The Labute approximate surface area is 229 Å². The second-order valence-corrected chi connectivity index (χ2v) is 12.1. The summed E-state index contributed by atoms with van der Waals surface area (Å²) in [6, 6.07) is 13.9. The number of hydrogen-bond donors (Lipinski definition) is 2. The number of likely N-dealkylation sites (N-methyl/N-ethyl adjacent to an activating group) is 1. The van der Waals surface area contributed by atoms with Crippen LogP contribution in [0.1, 0.15) is 66.8 Å². The highest BCUT2D eigenvalue weighted by atomic mass is 16.5. The Morgan fingerprint density at radius 3 is 2.49 bits per heavy atom. The molecule has 39 heavy (non-hydrogen) atoms. The number of carbonyl (C=O) groups excluding carboxylic acids is 3. The van der Waals surface area contributed by atoms with Crippen molar-refractivity contribution in [3.63, 3.8) is 0 Å². The van der Waals surface area contributed by atoms with Gasteiger partial charge in [-0.15, -0.1) is 0 Å². The lowest BCUT2D eigenvalue weighted by atomic mass is 9.80. The van der Waals surface area contributed by atoms with Gasteiger partial charge >= 0.3 is 5.97 Å². The molecule has 2 aliphatic rings. The van der Waals surface area contributed by atoms with Gasteiger partial charge in [-0.05, 0) is 75.4 Å². The number of para-hydroxylation sites is 1. The van der Waals surface area contributed by atoms with E-state index in [4.69, 9.17) is 10.5 Å². The Balaban J connectivity index is 1.45. The molecular formula is C31H38N4O4. The summed E-state index contributed by atoms with van der Waals surface area (Å²) in [5.74, 6) is -0.584. The van der Waals surface area contributed by atoms with Crippen molar-refractivity contribution in [2.24, 2.45) is 11.1 Å². The minimum atomic E-state index is -0.490. The molecule has 2 heterocycles. The lowest BCUT2D eigenvalue weighted by Gasteiger charge is -2.31. The molecule has 2 aromatic carbocycles. The summed E-state index contributed by atoms with van der Waals surface area (Å²) in [7, 11) is 3.69. The Kier molecular flexibility index (Phi) is 7.25. The number of aromatic nitrogens is 1. The van der Waals surface area contributed by atoms with E-state index >= 15 is 0 Å². The van der Waals surface area contributed by atoms with E-state index in [-0.39, 0.29) is 36.0 Å². The van der Waals surface area contributed by atoms with Crippen LogP contribution in [0, 0.1) is 5.41 Å². The van der Waals surface area contributed by atoms with Crippen LogP contribution in [0.25, 0.3) is 22.0 Å². The van der Waals surface area contributed by atoms with Crippen molar-refractivity contribution in [2.45, 2.75) is 64.5 Å². The van der Waals surface area contributed by atoms with Crippen LogP contribution < -0.4 is 11.1 Å². The summed E-state index contributed by atoms with van der Waals surface area (Å²) in [6.45, 7) is 4.54. The monoisotopic (exact) mass is 530 g/mol. The maximum atomic E-state index is 13.2. The lowest BCUT2D eigenvalue weighted by molar-refractivity contribution is -0.151. The molecule has 1 saturated carbocycles. The quantitative estimate of drug-likeness (QED) is 0.423. The van der Waals surface area contributed by atoms with Gasteiger partial charge in [-0.25, -0.2) is 0 Å². The first-order valence-electron chi connectivity index (χ1n) is 13.7. The first kappa shape index (κ1) is 26.9. The van der Waals surface area contributed by atoms with Crippen molar-refractivity contribution in [3.8, 4) is 11.1 Å². The average Bonchev–Trinajstić information content (AvgIpc) is 3.17. The first-order valence-corrected chi connectivity index (χ1v) is 13.7. The Hall–Kier alpha value is -3.65. The molecular weight excluding hydrogens is 492 g/mol. The Bertz CT molecular complexity index is 1430. The fraction of sp³-hybridized carbons (Fsp3) is 0.452. The molecule has 8 heteroatoms. The molecule has 1 aliphatic heterocycles. The van der Waals surface area contributed by atoms with Crippen LogP contribution in [-0.2, 0) is 16.0 Å². The molecule has 0 atom stereocenters. The molecule has 5 rings (SSSR count). The first-order chi connectivity index (χ1) is 18.5. The number of anilines is 1. The van der Waals surface area contributed by atoms with Crippen molar-refractivity contribution in [3.05, 3.63) is 53.7 Å². The summed E-state index contributed by atoms with van der Waals surface area (Å²) < 4.78 is 7.52. The normalized spacial score (nSPS) is 20.6. The summed E-state index contributed by atoms with van der Waals surface area (Å²) in [4.78, 5) is 39.5. The SMILES string of the molecule is CN(C)CC(=O)O[C@H]1CC[C@H](Nc2cc(-c3c4n(c5ccccc35)C(=O)CC(C)(C)C4)ccc2C(N)=O)CC1. The second kappa shape index (κ2) is 10.5. The molecule has 1 aliphatic carbocycles. The standard InChI is InChI=1S/C31H38N4O4/c1-31(2)16-26-29(23-7-5-6-8-25(23)35(26)27(36)17-31)19-9-14-22(30(32)38)24(15-19)33-20-10-12-21(13-11-20)39-28(37)18-34(3)4/h5-9,14-15,20-21,33H,10-13,16-18H2,1-4H3,(H2,32,38)/t20-,21-. The molecule has 8 nitrogen and oxygen atoms in total. The van der Waals surface area contributed by atoms with E-state index in [1.165, 1.54) is 0 Å². The molecule has 1 aromatic heterocycles. The number of esters is 1. The molecule has 0 spiro atoms. The predicted octanol–water partition coefficient (Wildman–Crippen LogP) is 4.85. The third kappa shape index (κ3) is 5.57. The molecule has 206 valence electrons. The topological polar surface area (TPSA) is 107 Å². The van der Waals surface area contributed by atoms with Gasteiger partial charge in [-0.2, -0.15) is 0 Å². The zero-order chi connectivity index (χ0) is 27.9. The van der Waals surface area contributed by atoms with E-state index in [2.05, 4.69) is 25.2 Å². The molecule has 1 amide bonds. The molecule has 0 radical (unpaired) electrons. The van der Waals surface area contributed by atoms with Crippen molar-refractivity contribution >= 4 is 34.4 Å². The lowest BCUT2D eigenvalue weighted by Crippen LogP contribution is -2.34. The van der Waals surface area contributed by atoms with E-state index in [1.807, 2.05) is 49.0 Å². The average molecular weight is 531 g/mol. The third-order valence-corrected chi connectivity index (χ3v) is 7.85. The fourth-order valence-electron chi connectivity index (χ4n) is 6.13. The van der Waals surface area contributed by atoms with Crippen LogP contribution in [0.5, 0.6) is 0 Å². The number of nitrogens with two attached hydrogens (primary N) is 1. The number of fused-ring (bicyclic) bond motifs is 3. The van der Waals surface area contributed by atoms with Crippen LogP contribution in [0.4, 0.5) is 5.69 Å². The van der Waals surface area contributed by atoms with Crippen LogP contribution in [0.2, 0.25) is 0 Å². The molecule has 1 fully saturated rings. The molecule has 3 aromatic rings. The number of benzene rings is 2. The van der Waals surface area contributed by atoms with Gasteiger partial charge in [0.25, 0.3) is 5.91 Å². The minimum Gasteiger partial charge on any atom is -0.461 e. The van der Waals surface area contributed by atoms with Gasteiger partial charge in [0, 0.05) is 34.8 Å². The van der Waals surface area contributed by atoms with Crippen molar-refractivity contribution in [2.75, 3.05) is 26.0 Å². The molecule has 0 saturated heterocycles. The highest BCUT2D eigenvalue weighted by Gasteiger charge is 2.35. The number of nitrogens with zero attached hydrogens (tertiary/aromatic N) is 2. The van der Waals surface area contributed by atoms with Crippen molar-refractivity contribution < 1.29 is 19.1 Å². The number of hydrogen-bond acceptors (Lipinski definition) is 6. The van der Waals surface area contributed by atoms with Gasteiger partial charge in [-0.3, -0.25) is 23.9 Å². The van der Waals surface area contributed by atoms with Crippen LogP contribution in [0.3, 0.4) is 0 Å². The van der Waals surface area contributed by atoms with Gasteiger partial charge < -0.3 is 15.8 Å². The Morgan fingerprint density at radius 2 is 1.79 bits per heavy atom. The van der Waals surface area contributed by atoms with E-state index in [9.17, 15) is 14.4 Å². The van der Waals surface area contributed by atoms with Gasteiger partial charge in [0.1, 0.15) is 6.10 Å².